The van der Waals surface area contributed by atoms with Gasteiger partial charge in [-0.25, -0.2) is 4.79 Å². The van der Waals surface area contributed by atoms with Gasteiger partial charge in [-0.1, -0.05) is 6.92 Å². The standard InChI is InChI=1S/C12H13NO3S/c1-3-5-9(12(15)16)13-11(14)10-8(4-2)6-7-17-10/h1,6-7,9H,4-5H2,2H3,(H,13,14)(H,15,16). The van der Waals surface area contributed by atoms with Gasteiger partial charge in [0.05, 0.1) is 4.88 Å². The maximum Gasteiger partial charge on any atom is 0.327 e. The highest BCUT2D eigenvalue weighted by atomic mass is 32.1. The van der Waals surface area contributed by atoms with E-state index in [4.69, 9.17) is 11.5 Å². The second-order valence-corrected chi connectivity index (χ2v) is 4.32. The van der Waals surface area contributed by atoms with Crippen molar-refractivity contribution < 1.29 is 14.7 Å². The number of hydrogen-bond acceptors (Lipinski definition) is 3. The van der Waals surface area contributed by atoms with Crippen molar-refractivity contribution >= 4 is 23.2 Å². The maximum absolute atomic E-state index is 11.8. The molecule has 0 aliphatic heterocycles. The van der Waals surface area contributed by atoms with Crippen LogP contribution in [0.2, 0.25) is 0 Å². The van der Waals surface area contributed by atoms with Crippen molar-refractivity contribution in [1.29, 1.82) is 0 Å². The Labute approximate surface area is 104 Å². The third kappa shape index (κ3) is 3.33. The highest BCUT2D eigenvalue weighted by Crippen LogP contribution is 2.17. The minimum Gasteiger partial charge on any atom is -0.480 e. The average Bonchev–Trinajstić information content (AvgIpc) is 2.76. The van der Waals surface area contributed by atoms with Gasteiger partial charge >= 0.3 is 5.97 Å². The molecule has 0 spiro atoms. The van der Waals surface area contributed by atoms with E-state index in [1.165, 1.54) is 11.3 Å². The molecule has 0 fully saturated rings. The summed E-state index contributed by atoms with van der Waals surface area (Å²) in [4.78, 5) is 23.2. The minimum absolute atomic E-state index is 0.0199. The summed E-state index contributed by atoms with van der Waals surface area (Å²) in [6, 6.07) is 0.829. The van der Waals surface area contributed by atoms with Crippen LogP contribution in [0.15, 0.2) is 11.4 Å². The summed E-state index contributed by atoms with van der Waals surface area (Å²) in [6.45, 7) is 1.94. The van der Waals surface area contributed by atoms with Gasteiger partial charge in [0.15, 0.2) is 0 Å². The van der Waals surface area contributed by atoms with Crippen LogP contribution in [-0.4, -0.2) is 23.0 Å². The molecule has 17 heavy (non-hydrogen) atoms. The molecule has 0 bridgehead atoms. The van der Waals surface area contributed by atoms with Gasteiger partial charge < -0.3 is 10.4 Å². The third-order valence-corrected chi connectivity index (χ3v) is 3.21. The molecule has 0 saturated carbocycles. The number of rotatable bonds is 5. The predicted octanol–water partition coefficient (Wildman–Crippen LogP) is 1.52. The number of hydrogen-bond donors (Lipinski definition) is 2. The largest absolute Gasteiger partial charge is 0.480 e. The van der Waals surface area contributed by atoms with Gasteiger partial charge in [0.25, 0.3) is 5.91 Å². The quantitative estimate of drug-likeness (QED) is 0.780. The second kappa shape index (κ2) is 6.06. The fourth-order valence-electron chi connectivity index (χ4n) is 1.36. The van der Waals surface area contributed by atoms with Crippen molar-refractivity contribution in [3.05, 3.63) is 21.9 Å². The summed E-state index contributed by atoms with van der Waals surface area (Å²) in [5, 5.41) is 13.1. The average molecular weight is 251 g/mol. The molecular formula is C12H13NO3S. The van der Waals surface area contributed by atoms with Crippen LogP contribution < -0.4 is 5.32 Å². The molecule has 0 aliphatic carbocycles. The number of thiophene rings is 1. The Hall–Kier alpha value is -1.80. The van der Waals surface area contributed by atoms with Crippen LogP contribution in [0.4, 0.5) is 0 Å². The number of aryl methyl sites for hydroxylation is 1. The van der Waals surface area contributed by atoms with E-state index < -0.39 is 12.0 Å². The Morgan fingerprint density at radius 3 is 2.88 bits per heavy atom. The van der Waals surface area contributed by atoms with Crippen LogP contribution in [0.5, 0.6) is 0 Å². The molecule has 0 saturated heterocycles. The normalized spacial score (nSPS) is 11.5. The molecule has 0 aromatic carbocycles. The lowest BCUT2D eigenvalue weighted by Crippen LogP contribution is -2.40. The summed E-state index contributed by atoms with van der Waals surface area (Å²) < 4.78 is 0. The molecule has 0 aliphatic rings. The van der Waals surface area contributed by atoms with E-state index in [0.717, 1.165) is 12.0 Å². The van der Waals surface area contributed by atoms with Crippen LogP contribution >= 0.6 is 11.3 Å². The first-order valence-electron chi connectivity index (χ1n) is 5.13. The summed E-state index contributed by atoms with van der Waals surface area (Å²) in [5.74, 6) is 0.741. The summed E-state index contributed by atoms with van der Waals surface area (Å²) in [5.41, 5.74) is 0.914. The number of aliphatic carboxylic acids is 1. The molecule has 0 radical (unpaired) electrons. The Morgan fingerprint density at radius 2 is 2.35 bits per heavy atom. The molecule has 4 nitrogen and oxygen atoms in total. The molecule has 1 rings (SSSR count). The molecule has 1 heterocycles. The van der Waals surface area contributed by atoms with E-state index in [2.05, 4.69) is 11.2 Å². The van der Waals surface area contributed by atoms with Crippen LogP contribution in [0.3, 0.4) is 0 Å². The minimum atomic E-state index is -1.12. The van der Waals surface area contributed by atoms with Gasteiger partial charge in [-0.3, -0.25) is 4.79 Å². The number of amides is 1. The number of carbonyl (C=O) groups excluding carboxylic acids is 1. The molecule has 90 valence electrons. The van der Waals surface area contributed by atoms with Crippen molar-refractivity contribution in [1.82, 2.24) is 5.32 Å². The van der Waals surface area contributed by atoms with E-state index in [9.17, 15) is 9.59 Å². The molecule has 5 heteroatoms. The molecular weight excluding hydrogens is 238 g/mol. The van der Waals surface area contributed by atoms with Crippen LogP contribution in [0, 0.1) is 12.3 Å². The molecule has 2 N–H and O–H groups in total. The second-order valence-electron chi connectivity index (χ2n) is 3.40. The Bertz CT molecular complexity index is 459. The molecule has 1 aromatic rings. The Morgan fingerprint density at radius 1 is 1.65 bits per heavy atom. The van der Waals surface area contributed by atoms with Crippen molar-refractivity contribution in [2.75, 3.05) is 0 Å². The Balaban J connectivity index is 2.78. The summed E-state index contributed by atoms with van der Waals surface area (Å²) >= 11 is 1.30. The number of carboxylic acid groups (broad SMARTS) is 1. The number of terminal acetylenes is 1. The van der Waals surface area contributed by atoms with Gasteiger partial charge in [0.2, 0.25) is 0 Å². The van der Waals surface area contributed by atoms with E-state index >= 15 is 0 Å². The lowest BCUT2D eigenvalue weighted by atomic mass is 10.1. The first-order chi connectivity index (χ1) is 8.10. The first-order valence-corrected chi connectivity index (χ1v) is 6.01. The molecule has 1 unspecified atom stereocenters. The number of nitrogens with one attached hydrogen (secondary N) is 1. The van der Waals surface area contributed by atoms with Crippen LogP contribution in [0.1, 0.15) is 28.6 Å². The van der Waals surface area contributed by atoms with Gasteiger partial charge in [-0.05, 0) is 23.4 Å². The SMILES string of the molecule is C#CCC(NC(=O)c1sccc1CC)C(=O)O. The van der Waals surface area contributed by atoms with E-state index in [-0.39, 0.29) is 12.3 Å². The zero-order chi connectivity index (χ0) is 12.8. The van der Waals surface area contributed by atoms with Gasteiger partial charge in [-0.15, -0.1) is 23.7 Å². The van der Waals surface area contributed by atoms with Gasteiger partial charge in [0.1, 0.15) is 6.04 Å². The fourth-order valence-corrected chi connectivity index (χ4v) is 2.25. The molecule has 1 aromatic heterocycles. The summed E-state index contributed by atoms with van der Waals surface area (Å²) in [6.07, 6.45) is 5.77. The summed E-state index contributed by atoms with van der Waals surface area (Å²) in [7, 11) is 0. The Kier molecular flexibility index (Phi) is 4.73. The van der Waals surface area contributed by atoms with Crippen molar-refractivity contribution in [2.24, 2.45) is 0 Å². The lowest BCUT2D eigenvalue weighted by Gasteiger charge is -2.11. The van der Waals surface area contributed by atoms with E-state index in [1.807, 2.05) is 18.4 Å². The molecule has 1 amide bonds. The third-order valence-electron chi connectivity index (χ3n) is 2.26. The van der Waals surface area contributed by atoms with Gasteiger partial charge in [-0.2, -0.15) is 0 Å². The van der Waals surface area contributed by atoms with E-state index in [0.29, 0.717) is 4.88 Å². The maximum atomic E-state index is 11.8. The highest BCUT2D eigenvalue weighted by molar-refractivity contribution is 7.12. The topological polar surface area (TPSA) is 66.4 Å². The number of carbonyl (C=O) groups is 2. The van der Waals surface area contributed by atoms with Crippen LogP contribution in [0.25, 0.3) is 0 Å². The molecule has 1 atom stereocenters. The highest BCUT2D eigenvalue weighted by Gasteiger charge is 2.21. The zero-order valence-electron chi connectivity index (χ0n) is 9.40. The predicted molar refractivity (Wildman–Crippen MR) is 66.0 cm³/mol. The zero-order valence-corrected chi connectivity index (χ0v) is 10.2. The fraction of sp³-hybridized carbons (Fsp3) is 0.333. The van der Waals surface area contributed by atoms with Crippen molar-refractivity contribution in [3.8, 4) is 12.3 Å². The van der Waals surface area contributed by atoms with Gasteiger partial charge in [0, 0.05) is 6.42 Å². The van der Waals surface area contributed by atoms with Crippen molar-refractivity contribution in [2.45, 2.75) is 25.8 Å². The van der Waals surface area contributed by atoms with Crippen molar-refractivity contribution in [3.63, 3.8) is 0 Å². The van der Waals surface area contributed by atoms with E-state index in [1.54, 1.807) is 0 Å². The lowest BCUT2D eigenvalue weighted by molar-refractivity contribution is -0.139. The van der Waals surface area contributed by atoms with Crippen LogP contribution in [-0.2, 0) is 11.2 Å². The number of carboxylic acids is 1. The monoisotopic (exact) mass is 251 g/mol. The smallest absolute Gasteiger partial charge is 0.327 e. The first kappa shape index (κ1) is 13.3.